The van der Waals surface area contributed by atoms with Crippen LogP contribution in [0.3, 0.4) is 0 Å². The monoisotopic (exact) mass is 246 g/mol. The Morgan fingerprint density at radius 2 is 2.06 bits per heavy atom. The van der Waals surface area contributed by atoms with Gasteiger partial charge in [-0.15, -0.1) is 0 Å². The van der Waals surface area contributed by atoms with Gasteiger partial charge in [0.2, 0.25) is 0 Å². The second-order valence-electron chi connectivity index (χ2n) is 4.81. The van der Waals surface area contributed by atoms with Crippen molar-refractivity contribution in [2.75, 3.05) is 5.32 Å². The van der Waals surface area contributed by atoms with Crippen LogP contribution >= 0.6 is 0 Å². The number of hydrogen-bond donors (Lipinski definition) is 1. The molecule has 1 N–H and O–H groups in total. The standard InChI is InChI=1S/C14H15FN2O/c15-10-4-6-11(7-5-10)16-14(18)17-12-2-1-3-13(17)9-8-12/h1-2,4-7,12-13H,3,8-9H2,(H,16,18). The molecule has 2 bridgehead atoms. The van der Waals surface area contributed by atoms with E-state index < -0.39 is 0 Å². The van der Waals surface area contributed by atoms with Gasteiger partial charge in [0.25, 0.3) is 0 Å². The minimum Gasteiger partial charge on any atom is -0.315 e. The first-order chi connectivity index (χ1) is 8.74. The zero-order valence-electron chi connectivity index (χ0n) is 9.97. The van der Waals surface area contributed by atoms with Crippen molar-refractivity contribution in [3.8, 4) is 0 Å². The summed E-state index contributed by atoms with van der Waals surface area (Å²) in [7, 11) is 0. The molecule has 1 aromatic rings. The van der Waals surface area contributed by atoms with Crippen molar-refractivity contribution in [1.82, 2.24) is 4.90 Å². The molecule has 2 atom stereocenters. The van der Waals surface area contributed by atoms with Crippen LogP contribution in [0, 0.1) is 5.82 Å². The van der Waals surface area contributed by atoms with Gasteiger partial charge in [0, 0.05) is 11.7 Å². The van der Waals surface area contributed by atoms with Crippen molar-refractivity contribution < 1.29 is 9.18 Å². The number of hydrogen-bond acceptors (Lipinski definition) is 1. The van der Waals surface area contributed by atoms with E-state index in [1.807, 2.05) is 4.90 Å². The van der Waals surface area contributed by atoms with Gasteiger partial charge < -0.3 is 10.2 Å². The first kappa shape index (κ1) is 11.3. The molecule has 0 spiro atoms. The maximum atomic E-state index is 12.8. The molecule has 2 amide bonds. The van der Waals surface area contributed by atoms with E-state index in [0.717, 1.165) is 19.3 Å². The fraction of sp³-hybridized carbons (Fsp3) is 0.357. The van der Waals surface area contributed by atoms with Gasteiger partial charge in [0.1, 0.15) is 5.82 Å². The zero-order chi connectivity index (χ0) is 12.5. The predicted octanol–water partition coefficient (Wildman–Crippen LogP) is 3.15. The molecule has 4 heteroatoms. The topological polar surface area (TPSA) is 32.3 Å². The second kappa shape index (κ2) is 4.44. The molecule has 94 valence electrons. The van der Waals surface area contributed by atoms with E-state index >= 15 is 0 Å². The van der Waals surface area contributed by atoms with Crippen molar-refractivity contribution in [1.29, 1.82) is 0 Å². The number of urea groups is 1. The lowest BCUT2D eigenvalue weighted by Gasteiger charge is -2.31. The first-order valence-corrected chi connectivity index (χ1v) is 6.25. The third-order valence-electron chi connectivity index (χ3n) is 3.64. The first-order valence-electron chi connectivity index (χ1n) is 6.25. The fourth-order valence-corrected chi connectivity index (χ4v) is 2.76. The molecule has 0 aliphatic carbocycles. The van der Waals surface area contributed by atoms with Gasteiger partial charge in [-0.3, -0.25) is 0 Å². The summed E-state index contributed by atoms with van der Waals surface area (Å²) in [6, 6.07) is 6.31. The van der Waals surface area contributed by atoms with E-state index in [4.69, 9.17) is 0 Å². The van der Waals surface area contributed by atoms with Crippen LogP contribution in [0.4, 0.5) is 14.9 Å². The summed E-state index contributed by atoms with van der Waals surface area (Å²) in [6.07, 6.45) is 7.30. The summed E-state index contributed by atoms with van der Waals surface area (Å²) in [4.78, 5) is 14.1. The Labute approximate surface area is 105 Å². The fourth-order valence-electron chi connectivity index (χ4n) is 2.76. The molecule has 1 saturated heterocycles. The average molecular weight is 246 g/mol. The molecule has 2 unspecified atom stereocenters. The molecule has 2 aliphatic rings. The second-order valence-corrected chi connectivity index (χ2v) is 4.81. The maximum Gasteiger partial charge on any atom is 0.322 e. The SMILES string of the molecule is O=C(Nc1ccc(F)cc1)N1C2C=CCC1CC2. The van der Waals surface area contributed by atoms with E-state index in [-0.39, 0.29) is 17.9 Å². The Bertz CT molecular complexity index is 483. The molecular weight excluding hydrogens is 231 g/mol. The quantitative estimate of drug-likeness (QED) is 0.758. The number of amides is 2. The number of fused-ring (bicyclic) bond motifs is 2. The van der Waals surface area contributed by atoms with Crippen LogP contribution in [0.1, 0.15) is 19.3 Å². The lowest BCUT2D eigenvalue weighted by atomic mass is 10.1. The molecule has 1 aromatic carbocycles. The van der Waals surface area contributed by atoms with E-state index in [1.165, 1.54) is 12.1 Å². The summed E-state index contributed by atoms with van der Waals surface area (Å²) in [5.41, 5.74) is 0.635. The lowest BCUT2D eigenvalue weighted by molar-refractivity contribution is 0.192. The van der Waals surface area contributed by atoms with Gasteiger partial charge in [0.15, 0.2) is 0 Å². The zero-order valence-corrected chi connectivity index (χ0v) is 9.97. The number of carbonyl (C=O) groups is 1. The van der Waals surface area contributed by atoms with Gasteiger partial charge in [-0.05, 0) is 43.5 Å². The van der Waals surface area contributed by atoms with Crippen LogP contribution in [0.2, 0.25) is 0 Å². The normalized spacial score (nSPS) is 25.3. The van der Waals surface area contributed by atoms with Crippen LogP contribution < -0.4 is 5.32 Å². The van der Waals surface area contributed by atoms with E-state index in [0.29, 0.717) is 11.7 Å². The van der Waals surface area contributed by atoms with Gasteiger partial charge in [-0.25, -0.2) is 9.18 Å². The third kappa shape index (κ3) is 1.98. The van der Waals surface area contributed by atoms with Crippen molar-refractivity contribution >= 4 is 11.7 Å². The number of rotatable bonds is 1. The third-order valence-corrected chi connectivity index (χ3v) is 3.64. The van der Waals surface area contributed by atoms with Crippen LogP contribution in [0.5, 0.6) is 0 Å². The molecule has 3 nitrogen and oxygen atoms in total. The Hall–Kier alpha value is -1.84. The molecule has 2 aliphatic heterocycles. The summed E-state index contributed by atoms with van der Waals surface area (Å²) in [5, 5.41) is 2.83. The highest BCUT2D eigenvalue weighted by Gasteiger charge is 2.37. The Morgan fingerprint density at radius 1 is 1.28 bits per heavy atom. The van der Waals surface area contributed by atoms with Gasteiger partial charge in [-0.1, -0.05) is 12.2 Å². The predicted molar refractivity (Wildman–Crippen MR) is 67.8 cm³/mol. The smallest absolute Gasteiger partial charge is 0.315 e. The highest BCUT2D eigenvalue weighted by molar-refractivity contribution is 5.90. The van der Waals surface area contributed by atoms with Gasteiger partial charge in [-0.2, -0.15) is 0 Å². The number of nitrogens with one attached hydrogen (secondary N) is 1. The molecule has 0 saturated carbocycles. The number of carbonyl (C=O) groups excluding carboxylic acids is 1. The highest BCUT2D eigenvalue weighted by Crippen LogP contribution is 2.31. The lowest BCUT2D eigenvalue weighted by Crippen LogP contribution is -2.44. The molecule has 0 radical (unpaired) electrons. The highest BCUT2D eigenvalue weighted by atomic mass is 19.1. The largest absolute Gasteiger partial charge is 0.322 e. The minimum absolute atomic E-state index is 0.0848. The van der Waals surface area contributed by atoms with E-state index in [2.05, 4.69) is 17.5 Å². The summed E-state index contributed by atoms with van der Waals surface area (Å²) in [6.45, 7) is 0. The molecular formula is C14H15FN2O. The van der Waals surface area contributed by atoms with E-state index in [9.17, 15) is 9.18 Å². The van der Waals surface area contributed by atoms with Crippen LogP contribution in [0.15, 0.2) is 36.4 Å². The van der Waals surface area contributed by atoms with E-state index in [1.54, 1.807) is 12.1 Å². The number of benzene rings is 1. The minimum atomic E-state index is -0.297. The molecule has 18 heavy (non-hydrogen) atoms. The molecule has 3 rings (SSSR count). The van der Waals surface area contributed by atoms with Crippen molar-refractivity contribution in [2.45, 2.75) is 31.3 Å². The Morgan fingerprint density at radius 3 is 2.78 bits per heavy atom. The maximum absolute atomic E-state index is 12.8. The molecule has 2 heterocycles. The van der Waals surface area contributed by atoms with Crippen LogP contribution in [-0.2, 0) is 0 Å². The molecule has 0 aromatic heterocycles. The van der Waals surface area contributed by atoms with Gasteiger partial charge >= 0.3 is 6.03 Å². The van der Waals surface area contributed by atoms with Gasteiger partial charge in [0.05, 0.1) is 6.04 Å². The summed E-state index contributed by atoms with van der Waals surface area (Å²) in [5.74, 6) is -0.297. The molecule has 1 fully saturated rings. The number of anilines is 1. The van der Waals surface area contributed by atoms with Crippen LogP contribution in [0.25, 0.3) is 0 Å². The van der Waals surface area contributed by atoms with Crippen LogP contribution in [-0.4, -0.2) is 23.0 Å². The van der Waals surface area contributed by atoms with Crippen molar-refractivity contribution in [2.24, 2.45) is 0 Å². The summed E-state index contributed by atoms with van der Waals surface area (Å²) < 4.78 is 12.8. The van der Waals surface area contributed by atoms with Crippen molar-refractivity contribution in [3.05, 3.63) is 42.2 Å². The average Bonchev–Trinajstić information content (AvgIpc) is 2.62. The Balaban J connectivity index is 1.72. The van der Waals surface area contributed by atoms with Crippen molar-refractivity contribution in [3.63, 3.8) is 0 Å². The summed E-state index contributed by atoms with van der Waals surface area (Å²) >= 11 is 0. The number of halogens is 1. The number of nitrogens with zero attached hydrogens (tertiary/aromatic N) is 1. The Kier molecular flexibility index (Phi) is 2.78.